The van der Waals surface area contributed by atoms with Crippen molar-refractivity contribution in [2.24, 2.45) is 4.36 Å². The van der Waals surface area contributed by atoms with Crippen molar-refractivity contribution in [3.05, 3.63) is 29.8 Å². The van der Waals surface area contributed by atoms with Crippen molar-refractivity contribution >= 4 is 24.0 Å². The molecule has 1 amide bonds. The molecule has 25 heavy (non-hydrogen) atoms. The van der Waals surface area contributed by atoms with Gasteiger partial charge in [0.2, 0.25) is 0 Å². The highest BCUT2D eigenvalue weighted by atomic mass is 32.2. The zero-order valence-electron chi connectivity index (χ0n) is 15.2. The van der Waals surface area contributed by atoms with Gasteiger partial charge in [0.25, 0.3) is 0 Å². The third-order valence-electron chi connectivity index (χ3n) is 4.27. The molecule has 1 aromatic rings. The molecule has 1 rings (SSSR count). The van der Waals surface area contributed by atoms with Crippen LogP contribution in [0.4, 0.5) is 13.2 Å². The lowest BCUT2D eigenvalue weighted by Crippen LogP contribution is -2.40. The summed E-state index contributed by atoms with van der Waals surface area (Å²) in [5.74, 6) is -2.34. The Bertz CT molecular complexity index is 743. The number of halogens is 3. The summed E-state index contributed by atoms with van der Waals surface area (Å²) in [6, 6.07) is 6.08. The third kappa shape index (κ3) is 5.93. The fourth-order valence-electron chi connectivity index (χ4n) is 1.58. The number of benzene rings is 1. The van der Waals surface area contributed by atoms with E-state index in [4.69, 9.17) is 4.43 Å². The number of rotatable bonds is 4. The summed E-state index contributed by atoms with van der Waals surface area (Å²) in [4.78, 5) is 11.0. The lowest BCUT2D eigenvalue weighted by molar-refractivity contribution is -0.169. The first-order valence-corrected chi connectivity index (χ1v) is 12.5. The molecular weight excluding hydrogens is 371 g/mol. The van der Waals surface area contributed by atoms with E-state index in [-0.39, 0.29) is 9.93 Å². The minimum absolute atomic E-state index is 0.0571. The number of hydrogen-bond acceptors (Lipinski definition) is 3. The molecule has 0 saturated carbocycles. The van der Waals surface area contributed by atoms with Gasteiger partial charge in [0.15, 0.2) is 8.32 Å². The monoisotopic (exact) mass is 395 g/mol. The molecular formula is C16H24F3NO3SSi. The average molecular weight is 396 g/mol. The second kappa shape index (κ2) is 7.20. The van der Waals surface area contributed by atoms with E-state index in [1.165, 1.54) is 12.1 Å². The lowest BCUT2D eigenvalue weighted by atomic mass is 10.2. The maximum absolute atomic E-state index is 12.3. The summed E-state index contributed by atoms with van der Waals surface area (Å²) >= 11 is 0. The first kappa shape index (κ1) is 21.8. The summed E-state index contributed by atoms with van der Waals surface area (Å²) < 4.78 is 58.0. The Morgan fingerprint density at radius 2 is 1.64 bits per heavy atom. The molecule has 9 heteroatoms. The minimum Gasteiger partial charge on any atom is -0.413 e. The van der Waals surface area contributed by atoms with Crippen molar-refractivity contribution in [1.82, 2.24) is 0 Å². The van der Waals surface area contributed by atoms with E-state index in [2.05, 4.69) is 38.2 Å². The van der Waals surface area contributed by atoms with Crippen LogP contribution >= 0.6 is 0 Å². The Balaban J connectivity index is 2.95. The molecule has 0 radical (unpaired) electrons. The van der Waals surface area contributed by atoms with E-state index in [1.54, 1.807) is 12.1 Å². The van der Waals surface area contributed by atoms with Crippen molar-refractivity contribution in [2.75, 3.05) is 6.26 Å². The largest absolute Gasteiger partial charge is 0.474 e. The molecule has 4 nitrogen and oxygen atoms in total. The molecule has 0 aliphatic heterocycles. The summed E-state index contributed by atoms with van der Waals surface area (Å²) in [5.41, 5.74) is 0.811. The molecule has 1 atom stereocenters. The van der Waals surface area contributed by atoms with Gasteiger partial charge in [-0.2, -0.15) is 13.2 Å². The predicted molar refractivity (Wildman–Crippen MR) is 94.3 cm³/mol. The van der Waals surface area contributed by atoms with Crippen LogP contribution in [0.15, 0.2) is 33.5 Å². The first-order valence-electron chi connectivity index (χ1n) is 7.62. The maximum atomic E-state index is 12.3. The van der Waals surface area contributed by atoms with Crippen LogP contribution in [0.25, 0.3) is 0 Å². The average Bonchev–Trinajstić information content (AvgIpc) is 2.43. The van der Waals surface area contributed by atoms with Crippen LogP contribution in [0.5, 0.6) is 0 Å². The highest BCUT2D eigenvalue weighted by Gasteiger charge is 2.39. The van der Waals surface area contributed by atoms with Crippen molar-refractivity contribution in [3.8, 4) is 0 Å². The molecule has 0 aliphatic rings. The van der Waals surface area contributed by atoms with E-state index >= 15 is 0 Å². The van der Waals surface area contributed by atoms with E-state index in [9.17, 15) is 22.2 Å². The van der Waals surface area contributed by atoms with Gasteiger partial charge >= 0.3 is 12.1 Å². The molecule has 0 aliphatic carbocycles. The molecule has 0 fully saturated rings. The Labute approximate surface area is 148 Å². The van der Waals surface area contributed by atoms with Gasteiger partial charge in [-0.1, -0.05) is 32.9 Å². The van der Waals surface area contributed by atoms with Gasteiger partial charge < -0.3 is 4.43 Å². The van der Waals surface area contributed by atoms with Gasteiger partial charge in [0.05, 0.1) is 16.3 Å². The maximum Gasteiger partial charge on any atom is 0.474 e. The summed E-state index contributed by atoms with van der Waals surface area (Å²) in [7, 11) is -5.38. The lowest BCUT2D eigenvalue weighted by Gasteiger charge is -2.36. The predicted octanol–water partition coefficient (Wildman–Crippen LogP) is 4.75. The summed E-state index contributed by atoms with van der Waals surface area (Å²) in [6.07, 6.45) is -4.12. The van der Waals surface area contributed by atoms with E-state index < -0.39 is 30.1 Å². The molecule has 142 valence electrons. The van der Waals surface area contributed by atoms with Crippen LogP contribution in [0.3, 0.4) is 0 Å². The molecule has 0 saturated heterocycles. The molecule has 0 bridgehead atoms. The topological polar surface area (TPSA) is 55.7 Å². The van der Waals surface area contributed by atoms with Crippen LogP contribution in [-0.2, 0) is 25.6 Å². The van der Waals surface area contributed by atoms with Crippen LogP contribution < -0.4 is 0 Å². The highest BCUT2D eigenvalue weighted by molar-refractivity contribution is 7.93. The summed E-state index contributed by atoms with van der Waals surface area (Å²) in [5, 5.41) is 0.0571. The Hall–Kier alpha value is -1.19. The molecule has 1 aromatic carbocycles. The van der Waals surface area contributed by atoms with E-state index in [0.29, 0.717) is 6.61 Å². The van der Waals surface area contributed by atoms with Crippen molar-refractivity contribution < 1.29 is 26.6 Å². The smallest absolute Gasteiger partial charge is 0.413 e. The zero-order valence-corrected chi connectivity index (χ0v) is 17.0. The van der Waals surface area contributed by atoms with Gasteiger partial charge in [-0.3, -0.25) is 4.79 Å². The molecule has 0 heterocycles. The normalized spacial score (nSPS) is 15.6. The van der Waals surface area contributed by atoms with Crippen LogP contribution in [-0.4, -0.2) is 30.9 Å². The molecule has 0 N–H and O–H groups in total. The van der Waals surface area contributed by atoms with E-state index in [0.717, 1.165) is 11.8 Å². The van der Waals surface area contributed by atoms with E-state index in [1.807, 2.05) is 0 Å². The van der Waals surface area contributed by atoms with Gasteiger partial charge in [0, 0.05) is 11.2 Å². The molecule has 0 aromatic heterocycles. The van der Waals surface area contributed by atoms with Crippen molar-refractivity contribution in [1.29, 1.82) is 0 Å². The Morgan fingerprint density at radius 1 is 1.16 bits per heavy atom. The number of carbonyl (C=O) groups excluding carboxylic acids is 1. The van der Waals surface area contributed by atoms with Crippen molar-refractivity contribution in [2.45, 2.75) is 56.6 Å². The number of nitrogens with zero attached hydrogens (tertiary/aromatic N) is 1. The SMILES string of the molecule is CC(C)(C)[Si](C)(C)OCc1ccc(S(C)(=O)=NC(=O)C(F)(F)F)cc1. The molecule has 1 unspecified atom stereocenters. The number of hydrogen-bond donors (Lipinski definition) is 0. The van der Waals surface area contributed by atoms with Crippen LogP contribution in [0.2, 0.25) is 18.1 Å². The second-order valence-corrected chi connectivity index (χ2v) is 14.5. The highest BCUT2D eigenvalue weighted by Crippen LogP contribution is 2.37. The number of amides is 1. The number of alkyl halides is 3. The molecule has 0 spiro atoms. The minimum atomic E-state index is -5.13. The van der Waals surface area contributed by atoms with Gasteiger partial charge in [-0.05, 0) is 35.8 Å². The summed E-state index contributed by atoms with van der Waals surface area (Å²) in [6.45, 7) is 10.9. The van der Waals surface area contributed by atoms with Crippen LogP contribution in [0.1, 0.15) is 26.3 Å². The Kier molecular flexibility index (Phi) is 6.29. The third-order valence-corrected chi connectivity index (χ3v) is 10.4. The fourth-order valence-corrected chi connectivity index (χ4v) is 3.71. The van der Waals surface area contributed by atoms with Gasteiger partial charge in [0.1, 0.15) is 0 Å². The fraction of sp³-hybridized carbons (Fsp3) is 0.562. The zero-order chi connectivity index (χ0) is 19.7. The Morgan fingerprint density at radius 3 is 2.04 bits per heavy atom. The standard InChI is InChI=1S/C16H24F3NO3SSi/c1-15(2,3)25(5,6)23-11-12-7-9-13(10-8-12)24(4,22)20-14(21)16(17,18)19/h7-10H,11H2,1-6H3. The van der Waals surface area contributed by atoms with Gasteiger partial charge in [-0.15, -0.1) is 4.36 Å². The number of carbonyl (C=O) groups is 1. The second-order valence-electron chi connectivity index (χ2n) is 7.39. The quantitative estimate of drug-likeness (QED) is 0.691. The first-order chi connectivity index (χ1) is 11.1. The van der Waals surface area contributed by atoms with Gasteiger partial charge in [-0.25, -0.2) is 4.21 Å². The van der Waals surface area contributed by atoms with Crippen LogP contribution in [0, 0.1) is 0 Å². The van der Waals surface area contributed by atoms with Crippen molar-refractivity contribution in [3.63, 3.8) is 0 Å².